The summed E-state index contributed by atoms with van der Waals surface area (Å²) in [5.74, 6) is -0.482. The van der Waals surface area contributed by atoms with Crippen molar-refractivity contribution in [2.24, 2.45) is 11.7 Å². The van der Waals surface area contributed by atoms with E-state index < -0.39 is 5.91 Å². The van der Waals surface area contributed by atoms with Gasteiger partial charge in [-0.1, -0.05) is 26.0 Å². The Morgan fingerprint density at radius 3 is 2.60 bits per heavy atom. The number of nitrogens with zero attached hydrogens (tertiary/aromatic N) is 2. The Bertz CT molecular complexity index is 592. The normalized spacial score (nSPS) is 18.0. The first-order valence-electron chi connectivity index (χ1n) is 8.50. The number of hydrogen-bond acceptors (Lipinski definition) is 4. The lowest BCUT2D eigenvalue weighted by Gasteiger charge is -2.34. The maximum Gasteiger partial charge on any atom is 0.236 e. The number of amides is 2. The Labute approximate surface area is 147 Å². The van der Waals surface area contributed by atoms with E-state index in [4.69, 9.17) is 10.5 Å². The van der Waals surface area contributed by atoms with Crippen LogP contribution in [0.25, 0.3) is 0 Å². The van der Waals surface area contributed by atoms with E-state index >= 15 is 0 Å². The molecule has 1 heterocycles. The van der Waals surface area contributed by atoms with Crippen molar-refractivity contribution in [2.75, 3.05) is 39.3 Å². The van der Waals surface area contributed by atoms with Crippen LogP contribution < -0.4 is 5.73 Å². The summed E-state index contributed by atoms with van der Waals surface area (Å²) in [5, 5.41) is 0. The van der Waals surface area contributed by atoms with Crippen LogP contribution in [0.1, 0.15) is 25.5 Å². The fourth-order valence-electron chi connectivity index (χ4n) is 2.97. The van der Waals surface area contributed by atoms with Crippen LogP contribution in [0, 0.1) is 11.7 Å². The van der Waals surface area contributed by atoms with E-state index in [0.717, 1.165) is 5.56 Å². The summed E-state index contributed by atoms with van der Waals surface area (Å²) in [7, 11) is 0. The number of halogens is 1. The molecule has 0 bridgehead atoms. The zero-order valence-corrected chi connectivity index (χ0v) is 14.8. The number of benzene rings is 1. The second-order valence-corrected chi connectivity index (χ2v) is 6.78. The second kappa shape index (κ2) is 8.92. The molecular formula is C18H26FN3O3. The average Bonchev–Trinajstić information content (AvgIpc) is 2.54. The summed E-state index contributed by atoms with van der Waals surface area (Å²) in [6.45, 7) is 6.23. The van der Waals surface area contributed by atoms with Gasteiger partial charge in [-0.3, -0.25) is 14.5 Å². The standard InChI is InChI=1S/C18H26FN3O3/c1-13(2)9-21(11-17(20)23)12-18(24)22-7-8-25-16(10-22)14-3-5-15(19)6-4-14/h3-6,13,16H,7-12H2,1-2H3,(H2,20,23). The zero-order valence-electron chi connectivity index (χ0n) is 14.8. The summed E-state index contributed by atoms with van der Waals surface area (Å²) in [5.41, 5.74) is 6.12. The quantitative estimate of drug-likeness (QED) is 0.800. The molecule has 0 aromatic heterocycles. The van der Waals surface area contributed by atoms with E-state index in [1.807, 2.05) is 13.8 Å². The topological polar surface area (TPSA) is 75.9 Å². The first kappa shape index (κ1) is 19.3. The highest BCUT2D eigenvalue weighted by atomic mass is 19.1. The van der Waals surface area contributed by atoms with Crippen molar-refractivity contribution in [3.8, 4) is 0 Å². The summed E-state index contributed by atoms with van der Waals surface area (Å²) >= 11 is 0. The number of primary amides is 1. The maximum absolute atomic E-state index is 13.1. The first-order valence-corrected chi connectivity index (χ1v) is 8.50. The van der Waals surface area contributed by atoms with Crippen molar-refractivity contribution in [2.45, 2.75) is 20.0 Å². The van der Waals surface area contributed by atoms with Crippen molar-refractivity contribution in [3.05, 3.63) is 35.6 Å². The number of ether oxygens (including phenoxy) is 1. The van der Waals surface area contributed by atoms with Gasteiger partial charge in [-0.05, 0) is 23.6 Å². The molecule has 2 amide bonds. The summed E-state index contributed by atoms with van der Waals surface area (Å²) in [4.78, 5) is 27.3. The number of nitrogens with two attached hydrogens (primary N) is 1. The predicted molar refractivity (Wildman–Crippen MR) is 92.1 cm³/mol. The molecule has 0 saturated carbocycles. The lowest BCUT2D eigenvalue weighted by molar-refractivity contribution is -0.140. The average molecular weight is 351 g/mol. The molecule has 0 radical (unpaired) electrons. The van der Waals surface area contributed by atoms with E-state index in [1.165, 1.54) is 12.1 Å². The molecule has 1 atom stereocenters. The van der Waals surface area contributed by atoms with Crippen LogP contribution in [-0.4, -0.2) is 60.9 Å². The fraction of sp³-hybridized carbons (Fsp3) is 0.556. The molecule has 1 saturated heterocycles. The minimum absolute atomic E-state index is 0.0580. The van der Waals surface area contributed by atoms with Gasteiger partial charge in [0.15, 0.2) is 0 Å². The van der Waals surface area contributed by atoms with Crippen molar-refractivity contribution < 1.29 is 18.7 Å². The SMILES string of the molecule is CC(C)CN(CC(N)=O)CC(=O)N1CCOC(c2ccc(F)cc2)C1. The zero-order chi connectivity index (χ0) is 18.4. The molecule has 1 fully saturated rings. The molecule has 7 heteroatoms. The second-order valence-electron chi connectivity index (χ2n) is 6.78. The third-order valence-corrected chi connectivity index (χ3v) is 4.02. The molecule has 1 aliphatic rings. The van der Waals surface area contributed by atoms with E-state index in [1.54, 1.807) is 21.9 Å². The Morgan fingerprint density at radius 1 is 1.32 bits per heavy atom. The van der Waals surface area contributed by atoms with Gasteiger partial charge in [0.25, 0.3) is 0 Å². The molecule has 2 N–H and O–H groups in total. The van der Waals surface area contributed by atoms with Crippen LogP contribution in [0.5, 0.6) is 0 Å². The van der Waals surface area contributed by atoms with Crippen molar-refractivity contribution in [3.63, 3.8) is 0 Å². The third kappa shape index (κ3) is 6.10. The number of rotatable bonds is 7. The Kier molecular flexibility index (Phi) is 6.90. The smallest absolute Gasteiger partial charge is 0.236 e. The van der Waals surface area contributed by atoms with Crippen LogP contribution in [0.4, 0.5) is 4.39 Å². The maximum atomic E-state index is 13.1. The Balaban J connectivity index is 1.97. The van der Waals surface area contributed by atoms with Gasteiger partial charge in [0.05, 0.1) is 26.2 Å². The fourth-order valence-corrected chi connectivity index (χ4v) is 2.97. The lowest BCUT2D eigenvalue weighted by Crippen LogP contribution is -2.48. The molecule has 6 nitrogen and oxygen atoms in total. The summed E-state index contributed by atoms with van der Waals surface area (Å²) in [6.07, 6.45) is -0.270. The number of carbonyl (C=O) groups is 2. The minimum atomic E-state index is -0.445. The predicted octanol–water partition coefficient (Wildman–Crippen LogP) is 1.17. The van der Waals surface area contributed by atoms with Gasteiger partial charge in [-0.2, -0.15) is 0 Å². The van der Waals surface area contributed by atoms with Crippen molar-refractivity contribution in [1.82, 2.24) is 9.80 Å². The molecule has 0 spiro atoms. The molecule has 25 heavy (non-hydrogen) atoms. The van der Waals surface area contributed by atoms with Gasteiger partial charge in [0.2, 0.25) is 11.8 Å². The van der Waals surface area contributed by atoms with Gasteiger partial charge < -0.3 is 15.4 Å². The van der Waals surface area contributed by atoms with E-state index in [2.05, 4.69) is 0 Å². The molecule has 0 aliphatic carbocycles. The molecule has 1 unspecified atom stereocenters. The van der Waals surface area contributed by atoms with Crippen LogP contribution in [0.3, 0.4) is 0 Å². The number of morpholine rings is 1. The van der Waals surface area contributed by atoms with Gasteiger partial charge in [-0.15, -0.1) is 0 Å². The molecule has 1 aromatic carbocycles. The highest BCUT2D eigenvalue weighted by Crippen LogP contribution is 2.22. The van der Waals surface area contributed by atoms with Gasteiger partial charge in [0.1, 0.15) is 11.9 Å². The summed E-state index contributed by atoms with van der Waals surface area (Å²) in [6, 6.07) is 6.12. The molecule has 1 aromatic rings. The monoisotopic (exact) mass is 351 g/mol. The molecular weight excluding hydrogens is 325 g/mol. The van der Waals surface area contributed by atoms with Crippen LogP contribution in [0.2, 0.25) is 0 Å². The van der Waals surface area contributed by atoms with Gasteiger partial charge >= 0.3 is 0 Å². The Morgan fingerprint density at radius 2 is 2.00 bits per heavy atom. The van der Waals surface area contributed by atoms with Crippen molar-refractivity contribution >= 4 is 11.8 Å². The molecule has 1 aliphatic heterocycles. The highest BCUT2D eigenvalue weighted by molar-refractivity contribution is 5.80. The number of carbonyl (C=O) groups excluding carboxylic acids is 2. The largest absolute Gasteiger partial charge is 0.370 e. The summed E-state index contributed by atoms with van der Waals surface area (Å²) < 4.78 is 18.8. The molecule has 2 rings (SSSR count). The van der Waals surface area contributed by atoms with E-state index in [0.29, 0.717) is 32.2 Å². The van der Waals surface area contributed by atoms with E-state index in [-0.39, 0.29) is 30.9 Å². The Hall–Kier alpha value is -1.99. The van der Waals surface area contributed by atoms with Crippen LogP contribution >= 0.6 is 0 Å². The minimum Gasteiger partial charge on any atom is -0.370 e. The van der Waals surface area contributed by atoms with Gasteiger partial charge in [0, 0.05) is 13.1 Å². The highest BCUT2D eigenvalue weighted by Gasteiger charge is 2.27. The number of hydrogen-bond donors (Lipinski definition) is 1. The molecule has 138 valence electrons. The van der Waals surface area contributed by atoms with Crippen LogP contribution in [0.15, 0.2) is 24.3 Å². The van der Waals surface area contributed by atoms with Crippen molar-refractivity contribution in [1.29, 1.82) is 0 Å². The van der Waals surface area contributed by atoms with Gasteiger partial charge in [-0.25, -0.2) is 4.39 Å². The lowest BCUT2D eigenvalue weighted by atomic mass is 10.1. The third-order valence-electron chi connectivity index (χ3n) is 4.02. The van der Waals surface area contributed by atoms with Crippen LogP contribution in [-0.2, 0) is 14.3 Å². The first-order chi connectivity index (χ1) is 11.8. The van der Waals surface area contributed by atoms with E-state index in [9.17, 15) is 14.0 Å².